The Balaban J connectivity index is 1.38. The highest BCUT2D eigenvalue weighted by molar-refractivity contribution is 7.15. The SMILES string of the molecule is Cc1sc2c(c1C)C(c1ccc(Cl)cc1)=N[C@@H](CC(=O)Nc1ccc3c(c1)[C@H](C)CC[C@@H]3O)c1nnc(C)n1-2. The lowest BCUT2D eigenvalue weighted by atomic mass is 9.82. The summed E-state index contributed by atoms with van der Waals surface area (Å²) < 4.78 is 2.05. The first-order valence-corrected chi connectivity index (χ1v) is 14.4. The second kappa shape index (κ2) is 10.0. The highest BCUT2D eigenvalue weighted by Crippen LogP contribution is 2.41. The lowest BCUT2D eigenvalue weighted by Crippen LogP contribution is -2.18. The van der Waals surface area contributed by atoms with Gasteiger partial charge in [0.2, 0.25) is 5.91 Å². The third kappa shape index (κ3) is 4.60. The number of carbonyl (C=O) groups is 1. The number of aromatic nitrogens is 3. The topological polar surface area (TPSA) is 92.4 Å². The largest absolute Gasteiger partial charge is 0.388 e. The van der Waals surface area contributed by atoms with Gasteiger partial charge in [0.1, 0.15) is 16.9 Å². The first-order chi connectivity index (χ1) is 18.7. The first kappa shape index (κ1) is 25.9. The lowest BCUT2D eigenvalue weighted by Gasteiger charge is -2.27. The quantitative estimate of drug-likeness (QED) is 0.289. The van der Waals surface area contributed by atoms with Crippen LogP contribution in [-0.4, -0.2) is 31.5 Å². The Hall–Kier alpha value is -3.33. The van der Waals surface area contributed by atoms with Crippen molar-refractivity contribution in [2.75, 3.05) is 5.32 Å². The molecule has 2 aromatic heterocycles. The van der Waals surface area contributed by atoms with Crippen LogP contribution in [0.2, 0.25) is 5.02 Å². The molecule has 7 nitrogen and oxygen atoms in total. The van der Waals surface area contributed by atoms with Gasteiger partial charge in [-0.05, 0) is 80.5 Å². The second-order valence-corrected chi connectivity index (χ2v) is 12.1. The van der Waals surface area contributed by atoms with Gasteiger partial charge in [-0.25, -0.2) is 0 Å². The van der Waals surface area contributed by atoms with Crippen molar-refractivity contribution >= 4 is 40.2 Å². The fourth-order valence-electron chi connectivity index (χ4n) is 5.62. The molecule has 1 aliphatic carbocycles. The van der Waals surface area contributed by atoms with Crippen molar-refractivity contribution in [2.45, 2.75) is 65.0 Å². The number of aliphatic imine (C=N–C) groups is 1. The van der Waals surface area contributed by atoms with E-state index in [0.717, 1.165) is 62.9 Å². The lowest BCUT2D eigenvalue weighted by molar-refractivity contribution is -0.116. The zero-order chi connectivity index (χ0) is 27.4. The van der Waals surface area contributed by atoms with Gasteiger partial charge in [0, 0.05) is 26.7 Å². The molecule has 6 rings (SSSR count). The van der Waals surface area contributed by atoms with Gasteiger partial charge in [-0.1, -0.05) is 36.7 Å². The van der Waals surface area contributed by atoms with Gasteiger partial charge in [0.15, 0.2) is 5.82 Å². The number of carbonyl (C=O) groups excluding carboxylic acids is 1. The summed E-state index contributed by atoms with van der Waals surface area (Å²) in [6.07, 6.45) is 1.35. The van der Waals surface area contributed by atoms with Crippen LogP contribution in [0.4, 0.5) is 5.69 Å². The fraction of sp³-hybridized carbons (Fsp3) is 0.333. The number of thiophene rings is 1. The number of fused-ring (bicyclic) bond motifs is 4. The standard InChI is InChI=1S/C30H30ClN5O2S/c1-15-5-12-25(37)22-11-10-21(13-23(15)22)32-26(38)14-24-29-35-34-18(4)36(29)30-27(16(2)17(3)39-30)28(33-24)19-6-8-20(31)9-7-19/h6-11,13,15,24-25,37H,5,12,14H2,1-4H3,(H,32,38)/t15-,24+,25+/m1/s1. The highest BCUT2D eigenvalue weighted by Gasteiger charge is 2.32. The van der Waals surface area contributed by atoms with Crippen molar-refractivity contribution in [2.24, 2.45) is 4.99 Å². The van der Waals surface area contributed by atoms with Crippen LogP contribution in [0.1, 0.15) is 88.6 Å². The maximum atomic E-state index is 13.4. The number of nitrogens with one attached hydrogen (secondary N) is 1. The summed E-state index contributed by atoms with van der Waals surface area (Å²) in [7, 11) is 0. The third-order valence-corrected chi connectivity index (χ3v) is 9.31. The fourth-order valence-corrected chi connectivity index (χ4v) is 6.96. The maximum Gasteiger partial charge on any atom is 0.227 e. The van der Waals surface area contributed by atoms with E-state index in [1.807, 2.05) is 54.0 Å². The summed E-state index contributed by atoms with van der Waals surface area (Å²) in [5, 5.41) is 24.0. The normalized spacial score (nSPS) is 19.9. The molecule has 3 atom stereocenters. The minimum Gasteiger partial charge on any atom is -0.388 e. The van der Waals surface area contributed by atoms with Crippen molar-refractivity contribution < 1.29 is 9.90 Å². The van der Waals surface area contributed by atoms with E-state index >= 15 is 0 Å². The first-order valence-electron chi connectivity index (χ1n) is 13.2. The predicted molar refractivity (Wildman–Crippen MR) is 156 cm³/mol. The molecule has 0 fully saturated rings. The Morgan fingerprint density at radius 3 is 2.64 bits per heavy atom. The number of rotatable bonds is 4. The van der Waals surface area contributed by atoms with Gasteiger partial charge in [-0.2, -0.15) is 0 Å². The van der Waals surface area contributed by atoms with Crippen molar-refractivity contribution in [3.8, 4) is 5.00 Å². The third-order valence-electron chi connectivity index (χ3n) is 7.87. The number of aliphatic hydroxyl groups is 1. The molecule has 0 saturated carbocycles. The van der Waals surface area contributed by atoms with Gasteiger partial charge in [0.05, 0.1) is 18.2 Å². The molecule has 3 heterocycles. The van der Waals surface area contributed by atoms with Gasteiger partial charge < -0.3 is 10.4 Å². The van der Waals surface area contributed by atoms with E-state index in [-0.39, 0.29) is 12.3 Å². The number of aliphatic hydroxyl groups excluding tert-OH is 1. The van der Waals surface area contributed by atoms with Crippen LogP contribution in [0.15, 0.2) is 47.5 Å². The van der Waals surface area contributed by atoms with E-state index in [2.05, 4.69) is 36.3 Å². The van der Waals surface area contributed by atoms with Crippen LogP contribution in [0.5, 0.6) is 0 Å². The second-order valence-electron chi connectivity index (χ2n) is 10.5. The molecule has 0 spiro atoms. The molecule has 0 unspecified atom stereocenters. The molecular weight excluding hydrogens is 530 g/mol. The summed E-state index contributed by atoms with van der Waals surface area (Å²) in [5.74, 6) is 1.58. The van der Waals surface area contributed by atoms with E-state index in [1.165, 1.54) is 4.88 Å². The zero-order valence-electron chi connectivity index (χ0n) is 22.3. The van der Waals surface area contributed by atoms with Gasteiger partial charge in [-0.3, -0.25) is 14.4 Å². The van der Waals surface area contributed by atoms with E-state index in [1.54, 1.807) is 11.3 Å². The Morgan fingerprint density at radius 1 is 1.10 bits per heavy atom. The predicted octanol–water partition coefficient (Wildman–Crippen LogP) is 6.76. The molecule has 0 bridgehead atoms. The van der Waals surface area contributed by atoms with Crippen molar-refractivity contribution in [1.82, 2.24) is 14.8 Å². The Kier molecular flexibility index (Phi) is 6.65. The molecule has 39 heavy (non-hydrogen) atoms. The summed E-state index contributed by atoms with van der Waals surface area (Å²) >= 11 is 7.89. The van der Waals surface area contributed by atoms with Crippen molar-refractivity contribution in [1.29, 1.82) is 0 Å². The van der Waals surface area contributed by atoms with Crippen molar-refractivity contribution in [3.05, 3.63) is 91.8 Å². The van der Waals surface area contributed by atoms with Crippen LogP contribution in [0, 0.1) is 20.8 Å². The number of nitrogens with zero attached hydrogens (tertiary/aromatic N) is 4. The average Bonchev–Trinajstić information content (AvgIpc) is 3.39. The smallest absolute Gasteiger partial charge is 0.227 e. The van der Waals surface area contributed by atoms with Gasteiger partial charge in [0.25, 0.3) is 0 Å². The molecule has 2 N–H and O–H groups in total. The number of aryl methyl sites for hydroxylation is 2. The molecule has 9 heteroatoms. The molecule has 2 aromatic carbocycles. The molecule has 2 aliphatic rings. The van der Waals surface area contributed by atoms with E-state index < -0.39 is 12.1 Å². The summed E-state index contributed by atoms with van der Waals surface area (Å²) in [6, 6.07) is 12.9. The number of amides is 1. The van der Waals surface area contributed by atoms with Crippen LogP contribution in [0.3, 0.4) is 0 Å². The highest BCUT2D eigenvalue weighted by atomic mass is 35.5. The maximum absolute atomic E-state index is 13.4. The van der Waals surface area contributed by atoms with Crippen molar-refractivity contribution in [3.63, 3.8) is 0 Å². The van der Waals surface area contributed by atoms with Crippen LogP contribution in [-0.2, 0) is 4.79 Å². The summed E-state index contributed by atoms with van der Waals surface area (Å²) in [6.45, 7) is 8.30. The van der Waals surface area contributed by atoms with Gasteiger partial charge in [-0.15, -0.1) is 21.5 Å². The van der Waals surface area contributed by atoms with Crippen LogP contribution < -0.4 is 5.32 Å². The minimum atomic E-state index is -0.533. The van der Waals surface area contributed by atoms with E-state index in [4.69, 9.17) is 16.6 Å². The molecule has 200 valence electrons. The Labute approximate surface area is 236 Å². The average molecular weight is 560 g/mol. The molecule has 1 aliphatic heterocycles. The monoisotopic (exact) mass is 559 g/mol. The molecule has 0 saturated heterocycles. The Morgan fingerprint density at radius 2 is 1.87 bits per heavy atom. The molecule has 4 aromatic rings. The molecule has 0 radical (unpaired) electrons. The zero-order valence-corrected chi connectivity index (χ0v) is 23.9. The number of benzene rings is 2. The van der Waals surface area contributed by atoms with Crippen LogP contribution >= 0.6 is 22.9 Å². The van der Waals surface area contributed by atoms with Crippen LogP contribution in [0.25, 0.3) is 5.00 Å². The molecule has 1 amide bonds. The van der Waals surface area contributed by atoms with E-state index in [0.29, 0.717) is 16.8 Å². The van der Waals surface area contributed by atoms with E-state index in [9.17, 15) is 9.90 Å². The number of halogens is 1. The minimum absolute atomic E-state index is 0.109. The summed E-state index contributed by atoms with van der Waals surface area (Å²) in [5.41, 5.74) is 6.71. The number of hydrogen-bond acceptors (Lipinski definition) is 6. The Bertz CT molecular complexity index is 1620. The number of anilines is 1. The number of hydrogen-bond donors (Lipinski definition) is 2. The summed E-state index contributed by atoms with van der Waals surface area (Å²) in [4.78, 5) is 19.8. The van der Waals surface area contributed by atoms with Gasteiger partial charge >= 0.3 is 0 Å². The molecular formula is C30H30ClN5O2S.